The van der Waals surface area contributed by atoms with E-state index >= 15 is 0 Å². The maximum absolute atomic E-state index is 5.94. The third kappa shape index (κ3) is 5.96. The summed E-state index contributed by atoms with van der Waals surface area (Å²) in [6.07, 6.45) is 6.68. The lowest BCUT2D eigenvalue weighted by atomic mass is 9.87. The predicted molar refractivity (Wildman–Crippen MR) is 92.3 cm³/mol. The van der Waals surface area contributed by atoms with Crippen LogP contribution in [-0.2, 0) is 6.42 Å². The van der Waals surface area contributed by atoms with E-state index in [0.717, 1.165) is 25.1 Å². The highest BCUT2D eigenvalue weighted by molar-refractivity contribution is 5.18. The summed E-state index contributed by atoms with van der Waals surface area (Å²) in [5, 5.41) is 3.61. The molecule has 1 saturated carbocycles. The van der Waals surface area contributed by atoms with Gasteiger partial charge in [-0.15, -0.1) is 0 Å². The molecule has 1 aliphatic rings. The van der Waals surface area contributed by atoms with Gasteiger partial charge < -0.3 is 10.1 Å². The van der Waals surface area contributed by atoms with Crippen LogP contribution in [0.25, 0.3) is 0 Å². The summed E-state index contributed by atoms with van der Waals surface area (Å²) >= 11 is 0. The minimum atomic E-state index is 0.183. The first kappa shape index (κ1) is 17.3. The lowest BCUT2D eigenvalue weighted by molar-refractivity contribution is 0.0694. The molecule has 1 aromatic rings. The first-order valence-electron chi connectivity index (χ1n) is 8.50. The molecule has 3 heteroatoms. The topological polar surface area (TPSA) is 34.1 Å². The first-order chi connectivity index (χ1) is 10.1. The zero-order chi connectivity index (χ0) is 16.4. The van der Waals surface area contributed by atoms with Crippen LogP contribution in [0, 0.1) is 5.41 Å². The molecule has 0 saturated heterocycles. The Hall–Kier alpha value is -1.09. The fraction of sp³-hybridized carbons (Fsp3) is 0.737. The minimum Gasteiger partial charge on any atom is -0.474 e. The SMILES string of the molecule is CC(C)(C)CCc1ccc(O[C@H]2C[C@@H](NC(C)(C)C)C2)nc1. The number of nitrogens with one attached hydrogen (secondary N) is 1. The van der Waals surface area contributed by atoms with E-state index < -0.39 is 0 Å². The van der Waals surface area contributed by atoms with Gasteiger partial charge in [-0.2, -0.15) is 0 Å². The molecule has 1 aromatic heterocycles. The Bertz CT molecular complexity index is 462. The van der Waals surface area contributed by atoms with Gasteiger partial charge in [-0.25, -0.2) is 4.98 Å². The highest BCUT2D eigenvalue weighted by Crippen LogP contribution is 2.27. The van der Waals surface area contributed by atoms with Crippen molar-refractivity contribution in [1.82, 2.24) is 10.3 Å². The van der Waals surface area contributed by atoms with Crippen molar-refractivity contribution in [2.24, 2.45) is 5.41 Å². The van der Waals surface area contributed by atoms with Crippen molar-refractivity contribution in [1.29, 1.82) is 0 Å². The molecule has 124 valence electrons. The van der Waals surface area contributed by atoms with Crippen LogP contribution in [0.4, 0.5) is 0 Å². The minimum absolute atomic E-state index is 0.183. The fourth-order valence-corrected chi connectivity index (χ4v) is 2.71. The summed E-state index contributed by atoms with van der Waals surface area (Å²) in [6, 6.07) is 4.75. The summed E-state index contributed by atoms with van der Waals surface area (Å²) in [7, 11) is 0. The maximum Gasteiger partial charge on any atom is 0.213 e. The van der Waals surface area contributed by atoms with Gasteiger partial charge in [0.25, 0.3) is 0 Å². The predicted octanol–water partition coefficient (Wildman–Crippen LogP) is 4.36. The lowest BCUT2D eigenvalue weighted by Gasteiger charge is -2.39. The molecule has 0 aliphatic heterocycles. The molecule has 1 heterocycles. The molecular formula is C19H32N2O. The third-order valence-corrected chi connectivity index (χ3v) is 3.98. The van der Waals surface area contributed by atoms with E-state index in [4.69, 9.17) is 4.74 Å². The molecular weight excluding hydrogens is 272 g/mol. The van der Waals surface area contributed by atoms with Crippen molar-refractivity contribution in [2.75, 3.05) is 0 Å². The van der Waals surface area contributed by atoms with Gasteiger partial charge in [-0.3, -0.25) is 0 Å². The molecule has 22 heavy (non-hydrogen) atoms. The van der Waals surface area contributed by atoms with Crippen molar-refractivity contribution < 1.29 is 4.74 Å². The van der Waals surface area contributed by atoms with Crippen LogP contribution in [0.1, 0.15) is 66.4 Å². The number of aryl methyl sites for hydroxylation is 1. The van der Waals surface area contributed by atoms with Crippen molar-refractivity contribution in [3.8, 4) is 5.88 Å². The van der Waals surface area contributed by atoms with Crippen LogP contribution in [0.15, 0.2) is 18.3 Å². The number of pyridine rings is 1. The highest BCUT2D eigenvalue weighted by atomic mass is 16.5. The summed E-state index contributed by atoms with van der Waals surface area (Å²) in [4.78, 5) is 4.46. The number of aromatic nitrogens is 1. The van der Waals surface area contributed by atoms with Gasteiger partial charge >= 0.3 is 0 Å². The summed E-state index contributed by atoms with van der Waals surface area (Å²) < 4.78 is 5.94. The van der Waals surface area contributed by atoms with Crippen molar-refractivity contribution in [3.05, 3.63) is 23.9 Å². The third-order valence-electron chi connectivity index (χ3n) is 3.98. The average molecular weight is 304 g/mol. The van der Waals surface area contributed by atoms with Gasteiger partial charge in [0.15, 0.2) is 0 Å². The van der Waals surface area contributed by atoms with E-state index in [1.807, 2.05) is 12.3 Å². The fourth-order valence-electron chi connectivity index (χ4n) is 2.71. The van der Waals surface area contributed by atoms with Crippen LogP contribution >= 0.6 is 0 Å². The van der Waals surface area contributed by atoms with Crippen LogP contribution in [0.3, 0.4) is 0 Å². The van der Waals surface area contributed by atoms with Crippen molar-refractivity contribution in [2.45, 2.75) is 84.9 Å². The Kier molecular flexibility index (Phi) is 5.16. The van der Waals surface area contributed by atoms with E-state index in [0.29, 0.717) is 17.6 Å². The van der Waals surface area contributed by atoms with Crippen LogP contribution in [-0.4, -0.2) is 22.7 Å². The van der Waals surface area contributed by atoms with Crippen LogP contribution in [0.5, 0.6) is 5.88 Å². The number of hydrogen-bond acceptors (Lipinski definition) is 3. The average Bonchev–Trinajstić information content (AvgIpc) is 2.33. The summed E-state index contributed by atoms with van der Waals surface area (Å²) in [6.45, 7) is 13.4. The zero-order valence-corrected chi connectivity index (χ0v) is 15.1. The van der Waals surface area contributed by atoms with Gasteiger partial charge in [-0.1, -0.05) is 26.8 Å². The highest BCUT2D eigenvalue weighted by Gasteiger charge is 2.33. The molecule has 1 N–H and O–H groups in total. The van der Waals surface area contributed by atoms with Crippen molar-refractivity contribution in [3.63, 3.8) is 0 Å². The second-order valence-corrected chi connectivity index (χ2v) is 8.87. The lowest BCUT2D eigenvalue weighted by Crippen LogP contribution is -2.53. The number of rotatable bonds is 5. The molecule has 0 bridgehead atoms. The van der Waals surface area contributed by atoms with Gasteiger partial charge in [0, 0.05) is 23.8 Å². The van der Waals surface area contributed by atoms with Crippen LogP contribution in [0.2, 0.25) is 0 Å². The van der Waals surface area contributed by atoms with Gasteiger partial charge in [0.05, 0.1) is 0 Å². The van der Waals surface area contributed by atoms with E-state index in [1.54, 1.807) is 0 Å². The molecule has 0 aromatic carbocycles. The largest absolute Gasteiger partial charge is 0.474 e. The quantitative estimate of drug-likeness (QED) is 0.877. The zero-order valence-electron chi connectivity index (χ0n) is 15.1. The Labute approximate surface area is 135 Å². The standard InChI is InChI=1S/C19H32N2O/c1-18(2,3)10-9-14-7-8-17(20-13-14)22-16-11-15(12-16)21-19(4,5)6/h7-8,13,15-16,21H,9-12H2,1-6H3/t15-,16+. The van der Waals surface area contributed by atoms with Gasteiger partial charge in [0.1, 0.15) is 6.10 Å². The first-order valence-corrected chi connectivity index (χ1v) is 8.50. The normalized spacial score (nSPS) is 22.3. The van der Waals surface area contributed by atoms with E-state index in [9.17, 15) is 0 Å². The second kappa shape index (κ2) is 6.57. The molecule has 0 radical (unpaired) electrons. The Morgan fingerprint density at radius 2 is 1.82 bits per heavy atom. The molecule has 1 aliphatic carbocycles. The Morgan fingerprint density at radius 3 is 2.32 bits per heavy atom. The van der Waals surface area contributed by atoms with Crippen molar-refractivity contribution >= 4 is 0 Å². The monoisotopic (exact) mass is 304 g/mol. The van der Waals surface area contributed by atoms with E-state index in [-0.39, 0.29) is 5.54 Å². The van der Waals surface area contributed by atoms with E-state index in [2.05, 4.69) is 57.9 Å². The molecule has 3 nitrogen and oxygen atoms in total. The molecule has 0 atom stereocenters. The van der Waals surface area contributed by atoms with Gasteiger partial charge in [0.2, 0.25) is 5.88 Å². The number of nitrogens with zero attached hydrogens (tertiary/aromatic N) is 1. The Morgan fingerprint density at radius 1 is 1.14 bits per heavy atom. The Balaban J connectivity index is 1.74. The molecule has 0 spiro atoms. The molecule has 0 unspecified atom stereocenters. The van der Waals surface area contributed by atoms with Crippen LogP contribution < -0.4 is 10.1 Å². The number of ether oxygens (including phenoxy) is 1. The second-order valence-electron chi connectivity index (χ2n) is 8.87. The molecule has 0 amide bonds. The maximum atomic E-state index is 5.94. The summed E-state index contributed by atoms with van der Waals surface area (Å²) in [5.74, 6) is 0.763. The molecule has 1 fully saturated rings. The van der Waals surface area contributed by atoms with Gasteiger partial charge in [-0.05, 0) is 57.4 Å². The summed E-state index contributed by atoms with van der Waals surface area (Å²) in [5.41, 5.74) is 1.85. The smallest absolute Gasteiger partial charge is 0.213 e. The number of hydrogen-bond donors (Lipinski definition) is 1. The molecule has 2 rings (SSSR count). The van der Waals surface area contributed by atoms with E-state index in [1.165, 1.54) is 12.0 Å².